The smallest absolute Gasteiger partial charge is 0.326 e. The molecule has 0 aromatic rings. The molecule has 0 rings (SSSR count). The Kier molecular flexibility index (Phi) is 8.39. The van der Waals surface area contributed by atoms with E-state index in [1.807, 2.05) is 13.8 Å². The first-order valence-corrected chi connectivity index (χ1v) is 6.98. The van der Waals surface area contributed by atoms with E-state index in [9.17, 15) is 9.59 Å². The lowest BCUT2D eigenvalue weighted by Gasteiger charge is -2.20. The Balaban J connectivity index is 4.35. The first-order valence-electron chi connectivity index (χ1n) is 6.98. The summed E-state index contributed by atoms with van der Waals surface area (Å²) in [5, 5.41) is 11.7. The Morgan fingerprint density at radius 1 is 1.11 bits per heavy atom. The van der Waals surface area contributed by atoms with Crippen LogP contribution in [-0.2, 0) is 9.59 Å². The van der Waals surface area contributed by atoms with Gasteiger partial charge in [0, 0.05) is 6.42 Å². The monoisotopic (exact) mass is 272 g/mol. The number of carbonyl (C=O) groups is 2. The van der Waals surface area contributed by atoms with Gasteiger partial charge in [0.25, 0.3) is 0 Å². The van der Waals surface area contributed by atoms with E-state index >= 15 is 0 Å². The van der Waals surface area contributed by atoms with Gasteiger partial charge in [-0.05, 0) is 37.1 Å². The summed E-state index contributed by atoms with van der Waals surface area (Å²) in [6.07, 6.45) is 1.63. The molecule has 0 heterocycles. The van der Waals surface area contributed by atoms with Crippen molar-refractivity contribution in [1.29, 1.82) is 0 Å². The number of nitrogens with two attached hydrogens (primary N) is 1. The van der Waals surface area contributed by atoms with Crippen molar-refractivity contribution in [3.8, 4) is 0 Å². The summed E-state index contributed by atoms with van der Waals surface area (Å²) in [4.78, 5) is 22.9. The molecule has 0 aliphatic carbocycles. The van der Waals surface area contributed by atoms with Crippen molar-refractivity contribution in [2.45, 2.75) is 53.0 Å². The first-order chi connectivity index (χ1) is 8.76. The summed E-state index contributed by atoms with van der Waals surface area (Å²) in [5.74, 6) is -0.373. The van der Waals surface area contributed by atoms with Crippen molar-refractivity contribution >= 4 is 11.9 Å². The van der Waals surface area contributed by atoms with Gasteiger partial charge in [0.1, 0.15) is 6.04 Å². The number of rotatable bonds is 9. The highest BCUT2D eigenvalue weighted by Gasteiger charge is 2.22. The summed E-state index contributed by atoms with van der Waals surface area (Å²) in [7, 11) is 0. The Hall–Kier alpha value is -1.10. The molecule has 0 bridgehead atoms. The lowest BCUT2D eigenvalue weighted by molar-refractivity contribution is -0.142. The average molecular weight is 272 g/mol. The molecule has 0 aliphatic rings. The van der Waals surface area contributed by atoms with Crippen LogP contribution >= 0.6 is 0 Å². The lowest BCUT2D eigenvalue weighted by Crippen LogP contribution is -2.42. The van der Waals surface area contributed by atoms with Crippen LogP contribution in [0.15, 0.2) is 0 Å². The van der Waals surface area contributed by atoms with E-state index in [-0.39, 0.29) is 17.7 Å². The van der Waals surface area contributed by atoms with E-state index in [1.165, 1.54) is 0 Å². The quantitative estimate of drug-likeness (QED) is 0.594. The van der Waals surface area contributed by atoms with Crippen molar-refractivity contribution in [3.05, 3.63) is 0 Å². The van der Waals surface area contributed by atoms with Crippen LogP contribution < -0.4 is 11.1 Å². The molecule has 0 aromatic heterocycles. The van der Waals surface area contributed by atoms with Crippen molar-refractivity contribution in [1.82, 2.24) is 5.32 Å². The largest absolute Gasteiger partial charge is 0.480 e. The minimum Gasteiger partial charge on any atom is -0.480 e. The number of carbonyl (C=O) groups excluding carboxylic acids is 1. The topological polar surface area (TPSA) is 92.4 Å². The highest BCUT2D eigenvalue weighted by atomic mass is 16.4. The SMILES string of the molecule is CC(C)C[C@H](CN)CC(=O)N[C@H](CC(C)C)C(=O)O. The van der Waals surface area contributed by atoms with Gasteiger partial charge in [0.2, 0.25) is 5.91 Å². The molecule has 112 valence electrons. The second-order valence-electron chi connectivity index (χ2n) is 6.02. The zero-order valence-corrected chi connectivity index (χ0v) is 12.5. The lowest BCUT2D eigenvalue weighted by atomic mass is 9.93. The molecule has 4 N–H and O–H groups in total. The molecule has 0 radical (unpaired) electrons. The van der Waals surface area contributed by atoms with Crippen LogP contribution in [0.2, 0.25) is 0 Å². The number of aliphatic carboxylic acids is 1. The van der Waals surface area contributed by atoms with Gasteiger partial charge >= 0.3 is 5.97 Å². The average Bonchev–Trinajstić information content (AvgIpc) is 2.25. The van der Waals surface area contributed by atoms with Gasteiger partial charge in [0.05, 0.1) is 0 Å². The first kappa shape index (κ1) is 17.9. The van der Waals surface area contributed by atoms with Crippen molar-refractivity contribution in [2.24, 2.45) is 23.5 Å². The number of amides is 1. The maximum Gasteiger partial charge on any atom is 0.326 e. The molecule has 0 spiro atoms. The number of hydrogen-bond donors (Lipinski definition) is 3. The van der Waals surface area contributed by atoms with Crippen LogP contribution in [0, 0.1) is 17.8 Å². The molecular formula is C14H28N2O3. The number of nitrogens with one attached hydrogen (secondary N) is 1. The fourth-order valence-corrected chi connectivity index (χ4v) is 2.14. The highest BCUT2D eigenvalue weighted by molar-refractivity contribution is 5.83. The molecule has 5 nitrogen and oxygen atoms in total. The molecule has 0 aliphatic heterocycles. The van der Waals surface area contributed by atoms with Gasteiger partial charge in [-0.15, -0.1) is 0 Å². The third-order valence-corrected chi connectivity index (χ3v) is 2.95. The van der Waals surface area contributed by atoms with Crippen LogP contribution in [0.5, 0.6) is 0 Å². The van der Waals surface area contributed by atoms with E-state index in [0.29, 0.717) is 25.3 Å². The predicted octanol–water partition coefficient (Wildman–Crippen LogP) is 1.61. The molecule has 0 saturated carbocycles. The zero-order valence-electron chi connectivity index (χ0n) is 12.5. The molecule has 19 heavy (non-hydrogen) atoms. The van der Waals surface area contributed by atoms with Gasteiger partial charge in [0.15, 0.2) is 0 Å². The Morgan fingerprint density at radius 3 is 2.00 bits per heavy atom. The molecule has 1 amide bonds. The third-order valence-electron chi connectivity index (χ3n) is 2.95. The fourth-order valence-electron chi connectivity index (χ4n) is 2.14. The number of hydrogen-bond acceptors (Lipinski definition) is 3. The zero-order chi connectivity index (χ0) is 15.0. The van der Waals surface area contributed by atoms with E-state index < -0.39 is 12.0 Å². The molecule has 5 heteroatoms. The standard InChI is InChI=1S/C14H28N2O3/c1-9(2)5-11(8-15)7-13(17)16-12(14(18)19)6-10(3)4/h9-12H,5-8,15H2,1-4H3,(H,16,17)(H,18,19)/t11-,12+/m0/s1. The number of carboxylic acids is 1. The molecule has 0 aromatic carbocycles. The molecule has 0 unspecified atom stereocenters. The van der Waals surface area contributed by atoms with Crippen molar-refractivity contribution in [2.75, 3.05) is 6.54 Å². The van der Waals surface area contributed by atoms with E-state index in [0.717, 1.165) is 6.42 Å². The maximum atomic E-state index is 11.9. The van der Waals surface area contributed by atoms with Gasteiger partial charge < -0.3 is 16.2 Å². The maximum absolute atomic E-state index is 11.9. The Morgan fingerprint density at radius 2 is 1.63 bits per heavy atom. The van der Waals surface area contributed by atoms with Crippen LogP contribution in [0.1, 0.15) is 47.0 Å². The van der Waals surface area contributed by atoms with Gasteiger partial charge in [-0.2, -0.15) is 0 Å². The van der Waals surface area contributed by atoms with E-state index in [4.69, 9.17) is 10.8 Å². The van der Waals surface area contributed by atoms with Crippen molar-refractivity contribution in [3.63, 3.8) is 0 Å². The summed E-state index contributed by atoms with van der Waals surface area (Å²) in [6.45, 7) is 8.49. The summed E-state index contributed by atoms with van der Waals surface area (Å²) in [5.41, 5.74) is 5.64. The molecule has 0 fully saturated rings. The fraction of sp³-hybridized carbons (Fsp3) is 0.857. The minimum absolute atomic E-state index is 0.119. The van der Waals surface area contributed by atoms with Gasteiger partial charge in [-0.25, -0.2) is 4.79 Å². The van der Waals surface area contributed by atoms with Crippen molar-refractivity contribution < 1.29 is 14.7 Å². The van der Waals surface area contributed by atoms with Crippen LogP contribution in [0.3, 0.4) is 0 Å². The molecular weight excluding hydrogens is 244 g/mol. The summed E-state index contributed by atoms with van der Waals surface area (Å²) < 4.78 is 0. The Bertz CT molecular complexity index is 290. The van der Waals surface area contributed by atoms with E-state index in [2.05, 4.69) is 19.2 Å². The Labute approximate surface area is 115 Å². The predicted molar refractivity (Wildman–Crippen MR) is 75.6 cm³/mol. The van der Waals surface area contributed by atoms with Crippen LogP contribution in [0.4, 0.5) is 0 Å². The highest BCUT2D eigenvalue weighted by Crippen LogP contribution is 2.14. The van der Waals surface area contributed by atoms with Gasteiger partial charge in [-0.1, -0.05) is 27.7 Å². The second kappa shape index (κ2) is 8.91. The van der Waals surface area contributed by atoms with Crippen LogP contribution in [-0.4, -0.2) is 29.6 Å². The minimum atomic E-state index is -0.977. The number of carboxylic acid groups (broad SMARTS) is 1. The normalized spacial score (nSPS) is 14.5. The van der Waals surface area contributed by atoms with Gasteiger partial charge in [-0.3, -0.25) is 4.79 Å². The van der Waals surface area contributed by atoms with Crippen LogP contribution in [0.25, 0.3) is 0 Å². The van der Waals surface area contributed by atoms with E-state index in [1.54, 1.807) is 0 Å². The third kappa shape index (κ3) is 8.59. The molecule has 0 saturated heterocycles. The summed E-state index contributed by atoms with van der Waals surface area (Å²) in [6, 6.07) is -0.801. The second-order valence-corrected chi connectivity index (χ2v) is 6.02. The molecule has 2 atom stereocenters. The summed E-state index contributed by atoms with van der Waals surface area (Å²) >= 11 is 0.